The average molecular weight is 470 g/mol. The monoisotopic (exact) mass is 470 g/mol. The summed E-state index contributed by atoms with van der Waals surface area (Å²) < 4.78 is 5.55. The molecular weight excluding hydrogens is 439 g/mol. The van der Waals surface area contributed by atoms with E-state index in [4.69, 9.17) is 4.42 Å². The Bertz CT molecular complexity index is 670. The predicted molar refractivity (Wildman–Crippen MR) is 120 cm³/mol. The van der Waals surface area contributed by atoms with Crippen LogP contribution in [0.1, 0.15) is 35.8 Å². The molecule has 0 spiro atoms. The molecular formula is C20H31IN4O. The van der Waals surface area contributed by atoms with Crippen LogP contribution in [-0.4, -0.2) is 45.1 Å². The number of nitrogens with one attached hydrogen (secondary N) is 2. The van der Waals surface area contributed by atoms with Crippen LogP contribution in [0.15, 0.2) is 52.1 Å². The number of guanidine groups is 1. The molecule has 0 bridgehead atoms. The van der Waals surface area contributed by atoms with E-state index in [2.05, 4.69) is 58.6 Å². The third kappa shape index (κ3) is 6.64. The second kappa shape index (κ2) is 11.2. The average Bonchev–Trinajstić information content (AvgIpc) is 3.11. The second-order valence-corrected chi connectivity index (χ2v) is 6.64. The number of rotatable bonds is 7. The first-order valence-corrected chi connectivity index (χ1v) is 8.72. The first-order valence-electron chi connectivity index (χ1n) is 8.72. The van der Waals surface area contributed by atoms with E-state index in [0.29, 0.717) is 5.92 Å². The summed E-state index contributed by atoms with van der Waals surface area (Å²) in [4.78, 5) is 6.46. The lowest BCUT2D eigenvalue weighted by atomic mass is 9.99. The van der Waals surface area contributed by atoms with Crippen molar-refractivity contribution < 1.29 is 4.42 Å². The smallest absolute Gasteiger partial charge is 0.191 e. The van der Waals surface area contributed by atoms with Gasteiger partial charge in [-0.1, -0.05) is 36.8 Å². The number of nitrogens with zero attached hydrogens (tertiary/aromatic N) is 2. The van der Waals surface area contributed by atoms with Crippen molar-refractivity contribution in [3.05, 3.63) is 59.5 Å². The van der Waals surface area contributed by atoms with E-state index in [0.717, 1.165) is 24.8 Å². The second-order valence-electron chi connectivity index (χ2n) is 6.64. The number of hydrogen-bond acceptors (Lipinski definition) is 3. The molecule has 0 aliphatic carbocycles. The molecule has 0 saturated heterocycles. The number of halogens is 1. The molecule has 1 aromatic carbocycles. The van der Waals surface area contributed by atoms with Crippen molar-refractivity contribution in [2.45, 2.75) is 25.8 Å². The summed E-state index contributed by atoms with van der Waals surface area (Å²) in [7, 11) is 5.89. The lowest BCUT2D eigenvalue weighted by molar-refractivity contribution is 0.258. The molecule has 2 unspecified atom stereocenters. The van der Waals surface area contributed by atoms with Crippen LogP contribution < -0.4 is 10.6 Å². The van der Waals surface area contributed by atoms with Gasteiger partial charge >= 0.3 is 0 Å². The normalized spacial score (nSPS) is 13.8. The van der Waals surface area contributed by atoms with Crippen LogP contribution in [0.5, 0.6) is 0 Å². The number of aryl methyl sites for hydroxylation is 1. The molecule has 5 nitrogen and oxygen atoms in total. The van der Waals surface area contributed by atoms with Crippen LogP contribution in [0.4, 0.5) is 0 Å². The van der Waals surface area contributed by atoms with Gasteiger partial charge in [-0.25, -0.2) is 0 Å². The number of likely N-dealkylation sites (N-methyl/N-ethyl adjacent to an activating group) is 1. The SMILES string of the molecule is CN=C(NCC(C)c1cccc(C)c1)NCC(c1ccco1)N(C)C.I. The van der Waals surface area contributed by atoms with Crippen LogP contribution in [0.25, 0.3) is 0 Å². The molecule has 6 heteroatoms. The van der Waals surface area contributed by atoms with Crippen molar-refractivity contribution >= 4 is 29.9 Å². The highest BCUT2D eigenvalue weighted by Crippen LogP contribution is 2.18. The van der Waals surface area contributed by atoms with Crippen molar-refractivity contribution in [1.82, 2.24) is 15.5 Å². The molecule has 1 aromatic heterocycles. The van der Waals surface area contributed by atoms with Gasteiger partial charge in [-0.3, -0.25) is 9.89 Å². The van der Waals surface area contributed by atoms with Gasteiger partial charge in [-0.2, -0.15) is 0 Å². The Labute approximate surface area is 174 Å². The molecule has 2 atom stereocenters. The van der Waals surface area contributed by atoms with Crippen LogP contribution in [0.3, 0.4) is 0 Å². The molecule has 26 heavy (non-hydrogen) atoms. The summed E-state index contributed by atoms with van der Waals surface area (Å²) in [5.74, 6) is 2.16. The molecule has 0 radical (unpaired) electrons. The first-order chi connectivity index (χ1) is 12.0. The third-order valence-electron chi connectivity index (χ3n) is 4.37. The number of benzene rings is 1. The van der Waals surface area contributed by atoms with Crippen molar-refractivity contribution in [3.63, 3.8) is 0 Å². The van der Waals surface area contributed by atoms with Gasteiger partial charge in [0.25, 0.3) is 0 Å². The fraction of sp³-hybridized carbons (Fsp3) is 0.450. The molecule has 2 rings (SSSR count). The first kappa shape index (κ1) is 22.5. The lowest BCUT2D eigenvalue weighted by Gasteiger charge is -2.24. The lowest BCUT2D eigenvalue weighted by Crippen LogP contribution is -2.42. The Balaban J connectivity index is 0.00000338. The van der Waals surface area contributed by atoms with E-state index in [9.17, 15) is 0 Å². The largest absolute Gasteiger partial charge is 0.468 e. The summed E-state index contributed by atoms with van der Waals surface area (Å²) in [6.45, 7) is 5.90. The number of aliphatic imine (C=N–C) groups is 1. The van der Waals surface area contributed by atoms with Gasteiger partial charge in [0.1, 0.15) is 5.76 Å². The highest BCUT2D eigenvalue weighted by molar-refractivity contribution is 14.0. The van der Waals surface area contributed by atoms with Gasteiger partial charge < -0.3 is 15.1 Å². The Hall–Kier alpha value is -1.54. The molecule has 0 fully saturated rings. The minimum Gasteiger partial charge on any atom is -0.468 e. The Morgan fingerprint density at radius 2 is 1.88 bits per heavy atom. The van der Waals surface area contributed by atoms with Crippen LogP contribution in [0.2, 0.25) is 0 Å². The van der Waals surface area contributed by atoms with Crippen LogP contribution >= 0.6 is 24.0 Å². The molecule has 1 heterocycles. The zero-order valence-corrected chi connectivity index (χ0v) is 18.7. The number of hydrogen-bond donors (Lipinski definition) is 2. The molecule has 2 N–H and O–H groups in total. The minimum absolute atomic E-state index is 0. The van der Waals surface area contributed by atoms with Gasteiger partial charge in [-0.05, 0) is 44.6 Å². The molecule has 0 saturated carbocycles. The van der Waals surface area contributed by atoms with Gasteiger partial charge in [0.2, 0.25) is 0 Å². The fourth-order valence-corrected chi connectivity index (χ4v) is 2.78. The summed E-state index contributed by atoms with van der Waals surface area (Å²) in [6, 6.07) is 12.7. The van der Waals surface area contributed by atoms with Crippen LogP contribution in [0, 0.1) is 6.92 Å². The number of furan rings is 1. The molecule has 0 aliphatic rings. The standard InChI is InChI=1S/C20H30N4O.HI/c1-15-8-6-9-17(12-15)16(2)13-22-20(21-3)23-14-18(24(4)5)19-10-7-11-25-19;/h6-12,16,18H,13-14H2,1-5H3,(H2,21,22,23);1H. The van der Waals surface area contributed by atoms with Crippen LogP contribution in [-0.2, 0) is 0 Å². The molecule has 0 amide bonds. The third-order valence-corrected chi connectivity index (χ3v) is 4.37. The van der Waals surface area contributed by atoms with E-state index in [1.807, 2.05) is 26.2 Å². The van der Waals surface area contributed by atoms with E-state index >= 15 is 0 Å². The molecule has 2 aromatic rings. The summed E-state index contributed by atoms with van der Waals surface area (Å²) in [6.07, 6.45) is 1.71. The Morgan fingerprint density at radius 3 is 2.46 bits per heavy atom. The van der Waals surface area contributed by atoms with E-state index in [-0.39, 0.29) is 30.0 Å². The van der Waals surface area contributed by atoms with Crippen molar-refractivity contribution in [2.24, 2.45) is 4.99 Å². The topological polar surface area (TPSA) is 52.8 Å². The van der Waals surface area contributed by atoms with Gasteiger partial charge in [0.05, 0.1) is 12.3 Å². The zero-order valence-electron chi connectivity index (χ0n) is 16.3. The van der Waals surface area contributed by atoms with Crippen molar-refractivity contribution in [2.75, 3.05) is 34.2 Å². The van der Waals surface area contributed by atoms with E-state index in [1.165, 1.54) is 11.1 Å². The van der Waals surface area contributed by atoms with Gasteiger partial charge in [-0.15, -0.1) is 24.0 Å². The summed E-state index contributed by atoms with van der Waals surface area (Å²) >= 11 is 0. The molecule has 0 aliphatic heterocycles. The van der Waals surface area contributed by atoms with E-state index in [1.54, 1.807) is 13.3 Å². The Morgan fingerprint density at radius 1 is 1.15 bits per heavy atom. The minimum atomic E-state index is 0. The van der Waals surface area contributed by atoms with Gasteiger partial charge in [0.15, 0.2) is 5.96 Å². The highest BCUT2D eigenvalue weighted by Gasteiger charge is 2.17. The maximum atomic E-state index is 5.55. The van der Waals surface area contributed by atoms with Crippen molar-refractivity contribution in [3.8, 4) is 0 Å². The van der Waals surface area contributed by atoms with Crippen molar-refractivity contribution in [1.29, 1.82) is 0 Å². The van der Waals surface area contributed by atoms with E-state index < -0.39 is 0 Å². The Kier molecular flexibility index (Phi) is 9.72. The maximum Gasteiger partial charge on any atom is 0.191 e. The zero-order chi connectivity index (χ0) is 18.2. The summed E-state index contributed by atoms with van der Waals surface area (Å²) in [5, 5.41) is 6.81. The fourth-order valence-electron chi connectivity index (χ4n) is 2.78. The summed E-state index contributed by atoms with van der Waals surface area (Å²) in [5.41, 5.74) is 2.63. The predicted octanol–water partition coefficient (Wildman–Crippen LogP) is 3.78. The molecule has 144 valence electrons. The van der Waals surface area contributed by atoms with Gasteiger partial charge in [0, 0.05) is 20.1 Å². The quantitative estimate of drug-likeness (QED) is 0.368. The highest BCUT2D eigenvalue weighted by atomic mass is 127. The maximum absolute atomic E-state index is 5.55.